The summed E-state index contributed by atoms with van der Waals surface area (Å²) in [6.07, 6.45) is 13.3. The molecule has 4 aliphatic rings. The molecule has 0 heterocycles. The van der Waals surface area contributed by atoms with Crippen LogP contribution in [-0.4, -0.2) is 35.5 Å². The van der Waals surface area contributed by atoms with Gasteiger partial charge in [0, 0.05) is 18.5 Å². The third-order valence-corrected chi connectivity index (χ3v) is 9.61. The Bertz CT molecular complexity index is 496. The molecule has 0 amide bonds. The number of hydrogen-bond donors (Lipinski definition) is 3. The zero-order chi connectivity index (χ0) is 17.7. The Morgan fingerprint density at radius 1 is 0.920 bits per heavy atom. The second-order valence-electron chi connectivity index (χ2n) is 10.3. The van der Waals surface area contributed by atoms with Crippen LogP contribution in [0.3, 0.4) is 0 Å². The van der Waals surface area contributed by atoms with Crippen LogP contribution in [0.2, 0.25) is 0 Å². The van der Waals surface area contributed by atoms with Crippen molar-refractivity contribution in [1.29, 1.82) is 0 Å². The summed E-state index contributed by atoms with van der Waals surface area (Å²) in [5.74, 6) is 3.41. The van der Waals surface area contributed by atoms with E-state index in [4.69, 9.17) is 5.11 Å². The fourth-order valence-electron chi connectivity index (χ4n) is 8.07. The van der Waals surface area contributed by atoms with E-state index >= 15 is 0 Å². The quantitative estimate of drug-likeness (QED) is 0.678. The summed E-state index contributed by atoms with van der Waals surface area (Å²) in [4.78, 5) is 0. The van der Waals surface area contributed by atoms with E-state index < -0.39 is 5.60 Å². The lowest BCUT2D eigenvalue weighted by molar-refractivity contribution is -0.150. The molecule has 25 heavy (non-hydrogen) atoms. The first-order valence-electron chi connectivity index (χ1n) is 11.0. The molecule has 4 aliphatic carbocycles. The van der Waals surface area contributed by atoms with Crippen molar-refractivity contribution in [2.75, 3.05) is 19.7 Å². The molecule has 0 unspecified atom stereocenters. The van der Waals surface area contributed by atoms with Crippen molar-refractivity contribution in [3.63, 3.8) is 0 Å². The Hall–Kier alpha value is -0.120. The maximum atomic E-state index is 11.5. The summed E-state index contributed by atoms with van der Waals surface area (Å²) in [6.45, 7) is 6.41. The Balaban J connectivity index is 1.55. The van der Waals surface area contributed by atoms with Gasteiger partial charge >= 0.3 is 0 Å². The highest BCUT2D eigenvalue weighted by Gasteiger charge is 2.64. The van der Waals surface area contributed by atoms with Crippen LogP contribution < -0.4 is 5.32 Å². The molecule has 144 valence electrons. The molecule has 3 heteroatoms. The van der Waals surface area contributed by atoms with Crippen LogP contribution in [0.15, 0.2) is 0 Å². The molecule has 0 aliphatic heterocycles. The maximum Gasteiger partial charge on any atom is 0.0827 e. The van der Waals surface area contributed by atoms with E-state index in [1.807, 2.05) is 0 Å². The molecule has 0 aromatic carbocycles. The van der Waals surface area contributed by atoms with Crippen molar-refractivity contribution in [1.82, 2.24) is 5.32 Å². The summed E-state index contributed by atoms with van der Waals surface area (Å²) in [5.41, 5.74) is 0.0644. The minimum atomic E-state index is -0.581. The average Bonchev–Trinajstić information content (AvgIpc) is 2.86. The van der Waals surface area contributed by atoms with Crippen LogP contribution in [-0.2, 0) is 0 Å². The highest BCUT2D eigenvalue weighted by atomic mass is 16.3. The number of nitrogens with one attached hydrogen (secondary N) is 1. The van der Waals surface area contributed by atoms with Gasteiger partial charge in [-0.3, -0.25) is 0 Å². The molecule has 0 bridgehead atoms. The lowest BCUT2D eigenvalue weighted by atomic mass is 9.44. The minimum absolute atomic E-state index is 0.0640. The van der Waals surface area contributed by atoms with Crippen LogP contribution in [0.1, 0.15) is 78.1 Å². The molecule has 0 aromatic rings. The second kappa shape index (κ2) is 6.49. The third-order valence-electron chi connectivity index (χ3n) is 9.61. The van der Waals surface area contributed by atoms with Crippen molar-refractivity contribution in [2.45, 2.75) is 83.7 Å². The lowest BCUT2D eigenvalue weighted by Crippen LogP contribution is -2.58. The van der Waals surface area contributed by atoms with Gasteiger partial charge in [-0.25, -0.2) is 0 Å². The molecule has 3 nitrogen and oxygen atoms in total. The zero-order valence-corrected chi connectivity index (χ0v) is 16.4. The van der Waals surface area contributed by atoms with E-state index in [2.05, 4.69) is 19.2 Å². The van der Waals surface area contributed by atoms with Gasteiger partial charge in [0.15, 0.2) is 0 Å². The Kier molecular flexibility index (Phi) is 4.74. The molecular weight excluding hydrogens is 310 g/mol. The standard InChI is InChI=1S/C22H39NO2/c1-20-10-4-3-5-16(20)6-7-17-18(20)8-11-21(2)19(17)9-12-22(21,25)15-23-13-14-24/h16-19,23-25H,3-15H2,1-2H3/t16-,17-,18+,19-,20-,21-,22-/m1/s1. The van der Waals surface area contributed by atoms with Crippen LogP contribution >= 0.6 is 0 Å². The lowest BCUT2D eigenvalue weighted by Gasteiger charge is -2.61. The van der Waals surface area contributed by atoms with E-state index in [-0.39, 0.29) is 12.0 Å². The van der Waals surface area contributed by atoms with Crippen LogP contribution in [0.25, 0.3) is 0 Å². The highest BCUT2D eigenvalue weighted by molar-refractivity contribution is 5.14. The maximum absolute atomic E-state index is 11.5. The van der Waals surface area contributed by atoms with Gasteiger partial charge < -0.3 is 15.5 Å². The number of aliphatic hydroxyl groups is 2. The summed E-state index contributed by atoms with van der Waals surface area (Å²) < 4.78 is 0. The van der Waals surface area contributed by atoms with Gasteiger partial charge in [0.2, 0.25) is 0 Å². The number of rotatable bonds is 4. The van der Waals surface area contributed by atoms with Crippen molar-refractivity contribution in [3.8, 4) is 0 Å². The molecular formula is C22H39NO2. The first kappa shape index (κ1) is 18.3. The largest absolute Gasteiger partial charge is 0.395 e. The Morgan fingerprint density at radius 2 is 1.72 bits per heavy atom. The molecule has 4 rings (SSSR count). The van der Waals surface area contributed by atoms with Crippen molar-refractivity contribution >= 4 is 0 Å². The van der Waals surface area contributed by atoms with Gasteiger partial charge in [-0.1, -0.05) is 26.7 Å². The first-order chi connectivity index (χ1) is 11.9. The van der Waals surface area contributed by atoms with E-state index in [1.165, 1.54) is 57.8 Å². The fourth-order valence-corrected chi connectivity index (χ4v) is 8.07. The Labute approximate surface area is 154 Å². The normalized spacial score (nSPS) is 52.3. The van der Waals surface area contributed by atoms with Gasteiger partial charge in [-0.05, 0) is 80.5 Å². The molecule has 4 saturated carbocycles. The SMILES string of the molecule is C[C@@]12CCCC[C@@H]1CC[C@H]1[C@H]3CC[C@@](O)(CNCCO)[C@]3(C)CC[C@@H]12. The van der Waals surface area contributed by atoms with Crippen molar-refractivity contribution < 1.29 is 10.2 Å². The van der Waals surface area contributed by atoms with Gasteiger partial charge in [-0.2, -0.15) is 0 Å². The van der Waals surface area contributed by atoms with Gasteiger partial charge in [-0.15, -0.1) is 0 Å². The van der Waals surface area contributed by atoms with E-state index in [0.29, 0.717) is 24.4 Å². The van der Waals surface area contributed by atoms with Gasteiger partial charge in [0.25, 0.3) is 0 Å². The average molecular weight is 350 g/mol. The first-order valence-corrected chi connectivity index (χ1v) is 11.0. The molecule has 0 radical (unpaired) electrons. The molecule has 4 fully saturated rings. The monoisotopic (exact) mass is 349 g/mol. The predicted octanol–water partition coefficient (Wildman–Crippen LogP) is 3.73. The number of aliphatic hydroxyl groups excluding tert-OH is 1. The van der Waals surface area contributed by atoms with E-state index in [0.717, 1.165) is 24.2 Å². The Morgan fingerprint density at radius 3 is 2.52 bits per heavy atom. The van der Waals surface area contributed by atoms with E-state index in [9.17, 15) is 5.11 Å². The summed E-state index contributed by atoms with van der Waals surface area (Å²) in [7, 11) is 0. The smallest absolute Gasteiger partial charge is 0.0827 e. The topological polar surface area (TPSA) is 52.5 Å². The van der Waals surface area contributed by atoms with Gasteiger partial charge in [0.05, 0.1) is 12.2 Å². The zero-order valence-electron chi connectivity index (χ0n) is 16.4. The van der Waals surface area contributed by atoms with Crippen LogP contribution in [0, 0.1) is 34.5 Å². The minimum Gasteiger partial charge on any atom is -0.395 e. The summed E-state index contributed by atoms with van der Waals surface area (Å²) >= 11 is 0. The third kappa shape index (κ3) is 2.63. The van der Waals surface area contributed by atoms with Crippen LogP contribution in [0.4, 0.5) is 0 Å². The molecule has 0 saturated heterocycles. The molecule has 3 N–H and O–H groups in total. The van der Waals surface area contributed by atoms with Crippen molar-refractivity contribution in [2.24, 2.45) is 34.5 Å². The summed E-state index contributed by atoms with van der Waals surface area (Å²) in [6, 6.07) is 0. The molecule has 7 atom stereocenters. The highest BCUT2D eigenvalue weighted by Crippen LogP contribution is 2.68. The second-order valence-corrected chi connectivity index (χ2v) is 10.3. The number of fused-ring (bicyclic) bond motifs is 5. The fraction of sp³-hybridized carbons (Fsp3) is 1.00. The summed E-state index contributed by atoms with van der Waals surface area (Å²) in [5, 5.41) is 23.9. The van der Waals surface area contributed by atoms with E-state index in [1.54, 1.807) is 0 Å². The predicted molar refractivity (Wildman–Crippen MR) is 101 cm³/mol. The molecule has 0 spiro atoms. The molecule has 0 aromatic heterocycles. The van der Waals surface area contributed by atoms with Crippen LogP contribution in [0.5, 0.6) is 0 Å². The van der Waals surface area contributed by atoms with Crippen molar-refractivity contribution in [3.05, 3.63) is 0 Å². The van der Waals surface area contributed by atoms with Gasteiger partial charge in [0.1, 0.15) is 0 Å². The number of hydrogen-bond acceptors (Lipinski definition) is 3.